The van der Waals surface area contributed by atoms with Crippen molar-refractivity contribution in [1.29, 1.82) is 0 Å². The van der Waals surface area contributed by atoms with Crippen molar-refractivity contribution in [2.75, 3.05) is 11.9 Å². The number of aryl methyl sites for hydroxylation is 2. The zero-order chi connectivity index (χ0) is 17.4. The molecular weight excluding hydrogens is 361 g/mol. The summed E-state index contributed by atoms with van der Waals surface area (Å²) in [6.07, 6.45) is 0. The van der Waals surface area contributed by atoms with E-state index in [1.807, 2.05) is 45.2 Å². The lowest BCUT2D eigenvalue weighted by molar-refractivity contribution is -0.138. The van der Waals surface area contributed by atoms with E-state index in [0.717, 1.165) is 28.3 Å². The summed E-state index contributed by atoms with van der Waals surface area (Å²) in [6, 6.07) is 7.58. The largest absolute Gasteiger partial charge is 0.463 e. The standard InChI is InChI=1S/C18H20ClN3O2.ClH/c1-5-24-18(23)15-10(2)20-17-14(11(3)21-22(17)4)16(15)12-8-6-7-9-13(12)19;/h6-9,16,20H,5H2,1-4H3;1H. The van der Waals surface area contributed by atoms with Gasteiger partial charge < -0.3 is 10.1 Å². The molecule has 0 bridgehead atoms. The molecule has 7 heteroatoms. The van der Waals surface area contributed by atoms with Crippen molar-refractivity contribution in [1.82, 2.24) is 9.78 Å². The summed E-state index contributed by atoms with van der Waals surface area (Å²) in [5, 5.41) is 8.42. The van der Waals surface area contributed by atoms with E-state index >= 15 is 0 Å². The predicted octanol–water partition coefficient (Wildman–Crippen LogP) is 4.20. The van der Waals surface area contributed by atoms with Crippen LogP contribution in [0.15, 0.2) is 35.5 Å². The first kappa shape index (κ1) is 19.3. The van der Waals surface area contributed by atoms with Gasteiger partial charge in [0.25, 0.3) is 0 Å². The zero-order valence-corrected chi connectivity index (χ0v) is 16.2. The average Bonchev–Trinajstić information content (AvgIpc) is 2.81. The first-order chi connectivity index (χ1) is 11.5. The van der Waals surface area contributed by atoms with Crippen molar-refractivity contribution in [2.24, 2.45) is 7.05 Å². The summed E-state index contributed by atoms with van der Waals surface area (Å²) in [5.41, 5.74) is 4.03. The summed E-state index contributed by atoms with van der Waals surface area (Å²) >= 11 is 6.46. The molecule has 1 unspecified atom stereocenters. The molecule has 1 atom stereocenters. The topological polar surface area (TPSA) is 56.1 Å². The predicted molar refractivity (Wildman–Crippen MR) is 101 cm³/mol. The highest BCUT2D eigenvalue weighted by atomic mass is 35.5. The summed E-state index contributed by atoms with van der Waals surface area (Å²) < 4.78 is 7.09. The summed E-state index contributed by atoms with van der Waals surface area (Å²) in [6.45, 7) is 5.94. The number of carbonyl (C=O) groups excluding carboxylic acids is 1. The van der Waals surface area contributed by atoms with Gasteiger partial charge in [0, 0.05) is 29.2 Å². The fourth-order valence-electron chi connectivity index (χ4n) is 3.27. The second kappa shape index (κ2) is 7.50. The van der Waals surface area contributed by atoms with E-state index in [2.05, 4.69) is 10.4 Å². The SMILES string of the molecule is CCOC(=O)C1=C(C)Nc2c(c(C)nn2C)C1c1ccccc1Cl.Cl. The van der Waals surface area contributed by atoms with Gasteiger partial charge in [-0.05, 0) is 32.4 Å². The lowest BCUT2D eigenvalue weighted by Gasteiger charge is -2.29. The van der Waals surface area contributed by atoms with Gasteiger partial charge in [0.05, 0.1) is 17.9 Å². The number of rotatable bonds is 3. The third kappa shape index (κ3) is 3.26. The maximum atomic E-state index is 12.6. The molecule has 1 N–H and O–H groups in total. The monoisotopic (exact) mass is 381 g/mol. The van der Waals surface area contributed by atoms with Crippen LogP contribution in [0.5, 0.6) is 0 Å². The highest BCUT2D eigenvalue weighted by molar-refractivity contribution is 6.31. The van der Waals surface area contributed by atoms with E-state index in [1.54, 1.807) is 11.6 Å². The van der Waals surface area contributed by atoms with Crippen molar-refractivity contribution in [2.45, 2.75) is 26.7 Å². The van der Waals surface area contributed by atoms with Crippen molar-refractivity contribution < 1.29 is 9.53 Å². The van der Waals surface area contributed by atoms with Crippen LogP contribution in [0.25, 0.3) is 0 Å². The molecule has 3 rings (SSSR count). The van der Waals surface area contributed by atoms with Crippen LogP contribution in [0, 0.1) is 6.92 Å². The number of fused-ring (bicyclic) bond motifs is 1. The zero-order valence-electron chi connectivity index (χ0n) is 14.6. The molecule has 0 aliphatic carbocycles. The summed E-state index contributed by atoms with van der Waals surface area (Å²) in [7, 11) is 1.88. The summed E-state index contributed by atoms with van der Waals surface area (Å²) in [4.78, 5) is 12.6. The Hall–Kier alpha value is -1.98. The Bertz CT molecular complexity index is 843. The second-order valence-electron chi connectivity index (χ2n) is 5.81. The van der Waals surface area contributed by atoms with Crippen LogP contribution >= 0.6 is 24.0 Å². The number of esters is 1. The Kier molecular flexibility index (Phi) is 5.80. The number of aromatic nitrogens is 2. The molecule has 0 radical (unpaired) electrons. The summed E-state index contributed by atoms with van der Waals surface area (Å²) in [5.74, 6) is 0.243. The van der Waals surface area contributed by atoms with Gasteiger partial charge in [-0.3, -0.25) is 4.68 Å². The lowest BCUT2D eigenvalue weighted by atomic mass is 9.81. The molecule has 2 heterocycles. The molecule has 25 heavy (non-hydrogen) atoms. The van der Waals surface area contributed by atoms with Crippen LogP contribution in [0.4, 0.5) is 5.82 Å². The minimum atomic E-state index is -0.332. The fourth-order valence-corrected chi connectivity index (χ4v) is 3.52. The third-order valence-electron chi connectivity index (χ3n) is 4.27. The number of anilines is 1. The molecule has 2 aromatic rings. The highest BCUT2D eigenvalue weighted by Crippen LogP contribution is 2.45. The smallest absolute Gasteiger partial charge is 0.336 e. The number of halogens is 2. The Labute approximate surface area is 158 Å². The molecule has 0 saturated heterocycles. The lowest BCUT2D eigenvalue weighted by Crippen LogP contribution is -2.25. The number of hydrogen-bond donors (Lipinski definition) is 1. The van der Waals surface area contributed by atoms with Gasteiger partial charge in [-0.15, -0.1) is 12.4 Å². The maximum Gasteiger partial charge on any atom is 0.336 e. The maximum absolute atomic E-state index is 12.6. The van der Waals surface area contributed by atoms with Gasteiger partial charge >= 0.3 is 5.97 Å². The van der Waals surface area contributed by atoms with Gasteiger partial charge in [0.1, 0.15) is 5.82 Å². The minimum Gasteiger partial charge on any atom is -0.463 e. The minimum absolute atomic E-state index is 0. The molecule has 0 spiro atoms. The molecule has 1 aromatic heterocycles. The molecule has 134 valence electrons. The van der Waals surface area contributed by atoms with Crippen molar-refractivity contribution in [3.05, 3.63) is 57.4 Å². The number of carbonyl (C=O) groups is 1. The van der Waals surface area contributed by atoms with E-state index in [9.17, 15) is 4.79 Å². The van der Waals surface area contributed by atoms with E-state index in [1.165, 1.54) is 0 Å². The van der Waals surface area contributed by atoms with Crippen molar-refractivity contribution in [3.63, 3.8) is 0 Å². The number of ether oxygens (including phenoxy) is 1. The molecule has 0 amide bonds. The second-order valence-corrected chi connectivity index (χ2v) is 6.22. The van der Waals surface area contributed by atoms with Crippen LogP contribution in [-0.2, 0) is 16.6 Å². The molecule has 5 nitrogen and oxygen atoms in total. The molecule has 0 fully saturated rings. The van der Waals surface area contributed by atoms with Crippen LogP contribution in [0.3, 0.4) is 0 Å². The van der Waals surface area contributed by atoms with Gasteiger partial charge in [-0.25, -0.2) is 4.79 Å². The fraction of sp³-hybridized carbons (Fsp3) is 0.333. The van der Waals surface area contributed by atoms with Crippen LogP contribution in [-0.4, -0.2) is 22.4 Å². The number of allylic oxidation sites excluding steroid dienone is 1. The first-order valence-electron chi connectivity index (χ1n) is 7.88. The third-order valence-corrected chi connectivity index (χ3v) is 4.61. The normalized spacial score (nSPS) is 16.0. The van der Waals surface area contributed by atoms with Gasteiger partial charge in [-0.2, -0.15) is 5.10 Å². The molecule has 1 aliphatic heterocycles. The van der Waals surface area contributed by atoms with Crippen LogP contribution in [0.1, 0.15) is 36.6 Å². The average molecular weight is 382 g/mol. The van der Waals surface area contributed by atoms with Gasteiger partial charge in [0.2, 0.25) is 0 Å². The quantitative estimate of drug-likeness (QED) is 0.809. The Balaban J connectivity index is 0.00000225. The molecular formula is C18H21Cl2N3O2. The van der Waals surface area contributed by atoms with Crippen molar-refractivity contribution >= 4 is 35.8 Å². The number of nitrogens with one attached hydrogen (secondary N) is 1. The highest BCUT2D eigenvalue weighted by Gasteiger charge is 2.37. The van der Waals surface area contributed by atoms with Crippen LogP contribution < -0.4 is 5.32 Å². The molecule has 1 aromatic carbocycles. The van der Waals surface area contributed by atoms with Crippen molar-refractivity contribution in [3.8, 4) is 0 Å². The number of nitrogens with zero attached hydrogens (tertiary/aromatic N) is 2. The molecule has 0 saturated carbocycles. The Morgan fingerprint density at radius 2 is 2.04 bits per heavy atom. The van der Waals surface area contributed by atoms with E-state index in [4.69, 9.17) is 16.3 Å². The number of benzene rings is 1. The van der Waals surface area contributed by atoms with E-state index < -0.39 is 0 Å². The van der Waals surface area contributed by atoms with Gasteiger partial charge in [-0.1, -0.05) is 29.8 Å². The Morgan fingerprint density at radius 1 is 1.36 bits per heavy atom. The van der Waals surface area contributed by atoms with E-state index in [-0.39, 0.29) is 24.3 Å². The van der Waals surface area contributed by atoms with E-state index in [0.29, 0.717) is 17.2 Å². The van der Waals surface area contributed by atoms with Gasteiger partial charge in [0.15, 0.2) is 0 Å². The number of hydrogen-bond acceptors (Lipinski definition) is 4. The van der Waals surface area contributed by atoms with Crippen LogP contribution in [0.2, 0.25) is 5.02 Å². The first-order valence-corrected chi connectivity index (χ1v) is 8.26. The Morgan fingerprint density at radius 3 is 2.68 bits per heavy atom. The molecule has 1 aliphatic rings.